The van der Waals surface area contributed by atoms with Crippen molar-refractivity contribution in [2.75, 3.05) is 11.8 Å². The molecule has 0 aliphatic rings. The molecule has 1 aromatic carbocycles. The van der Waals surface area contributed by atoms with Crippen molar-refractivity contribution in [2.45, 2.75) is 10.4 Å². The lowest BCUT2D eigenvalue weighted by molar-refractivity contribution is -0.356. The quantitative estimate of drug-likeness (QED) is 0.627. The first-order valence-corrected chi connectivity index (χ1v) is 7.43. The Balaban J connectivity index is 0.000000690. The van der Waals surface area contributed by atoms with E-state index in [0.717, 1.165) is 6.07 Å². The van der Waals surface area contributed by atoms with Gasteiger partial charge in [-0.15, -0.1) is 0 Å². The van der Waals surface area contributed by atoms with E-state index in [2.05, 4.69) is 11.5 Å². The monoisotopic (exact) mass is 342 g/mol. The van der Waals surface area contributed by atoms with Crippen LogP contribution in [0.1, 0.15) is 0 Å². The first-order chi connectivity index (χ1) is 9.39. The minimum atomic E-state index is -6.00. The van der Waals surface area contributed by atoms with Crippen LogP contribution in [0.25, 0.3) is 0 Å². The molecule has 124 valence electrons. The van der Waals surface area contributed by atoms with Crippen molar-refractivity contribution in [3.05, 3.63) is 24.3 Å². The minimum Gasteiger partial charge on any atom is -0.872 e. The lowest BCUT2D eigenvalue weighted by Gasteiger charge is -2.37. The van der Waals surface area contributed by atoms with Gasteiger partial charge in [-0.1, -0.05) is 30.0 Å². The smallest absolute Gasteiger partial charge is 0.673 e. The molecule has 1 rings (SSSR count). The molecule has 0 spiro atoms. The van der Waals surface area contributed by atoms with Crippen LogP contribution in [0.4, 0.5) is 30.4 Å². The zero-order chi connectivity index (χ0) is 16.9. The third-order valence-corrected chi connectivity index (χ3v) is 5.87. The van der Waals surface area contributed by atoms with Crippen LogP contribution in [-0.2, 0) is 0 Å². The SMILES string of the molecule is F[B-](F)(F)F.[NH3+]CS(C[NH3+])(c1ccccc1[O-])C(F)(F)F. The summed E-state index contributed by atoms with van der Waals surface area (Å²) in [6.07, 6.45) is 0. The van der Waals surface area contributed by atoms with E-state index >= 15 is 0 Å². The van der Waals surface area contributed by atoms with Crippen LogP contribution in [-0.4, -0.2) is 24.5 Å². The average Bonchev–Trinajstić information content (AvgIpc) is 2.29. The van der Waals surface area contributed by atoms with E-state index in [1.165, 1.54) is 18.2 Å². The number of hydrogen-bond acceptors (Lipinski definition) is 1. The van der Waals surface area contributed by atoms with Gasteiger partial charge in [0, 0.05) is 0 Å². The Bertz CT molecular complexity index is 444. The van der Waals surface area contributed by atoms with Gasteiger partial charge in [0.15, 0.2) is 0 Å². The highest BCUT2D eigenvalue weighted by atomic mass is 32.3. The van der Waals surface area contributed by atoms with Crippen molar-refractivity contribution >= 4 is 17.3 Å². The van der Waals surface area contributed by atoms with Crippen LogP contribution >= 0.6 is 10.0 Å². The molecular weight excluding hydrogens is 328 g/mol. The van der Waals surface area contributed by atoms with Gasteiger partial charge >= 0.3 is 12.8 Å². The van der Waals surface area contributed by atoms with E-state index in [1.54, 1.807) is 0 Å². The number of hydrogen-bond donors (Lipinski definition) is 2. The second kappa shape index (κ2) is 7.23. The second-order valence-electron chi connectivity index (χ2n) is 3.68. The highest BCUT2D eigenvalue weighted by Gasteiger charge is 2.53. The van der Waals surface area contributed by atoms with Crippen molar-refractivity contribution in [2.24, 2.45) is 0 Å². The lowest BCUT2D eigenvalue weighted by Crippen LogP contribution is -2.62. The molecule has 6 N–H and O–H groups in total. The van der Waals surface area contributed by atoms with Crippen molar-refractivity contribution in [1.29, 1.82) is 0 Å². The maximum absolute atomic E-state index is 13.1. The molecule has 0 fully saturated rings. The molecule has 0 radical (unpaired) electrons. The summed E-state index contributed by atoms with van der Waals surface area (Å²) in [4.78, 5) is -0.187. The van der Waals surface area contributed by atoms with Gasteiger partial charge < -0.3 is 33.8 Å². The first kappa shape index (κ1) is 19.9. The fourth-order valence-corrected chi connectivity index (χ4v) is 3.60. The largest absolute Gasteiger partial charge is 0.872 e. The Morgan fingerprint density at radius 2 is 1.38 bits per heavy atom. The summed E-state index contributed by atoms with van der Waals surface area (Å²) in [5.74, 6) is -1.28. The maximum Gasteiger partial charge on any atom is 0.673 e. The molecule has 0 saturated heterocycles. The molecule has 0 bridgehead atoms. The van der Waals surface area contributed by atoms with Crippen LogP contribution in [0.3, 0.4) is 0 Å². The van der Waals surface area contributed by atoms with Crippen LogP contribution in [0.5, 0.6) is 5.75 Å². The Kier molecular flexibility index (Phi) is 6.84. The summed E-state index contributed by atoms with van der Waals surface area (Å²) in [5, 5.41) is 11.5. The average molecular weight is 342 g/mol. The standard InChI is InChI=1S/C9H13F3N2OS.BF4/c10-9(11,12)16(5-13,6-14)8-4-2-1-3-7(8)15;2-1(3,4)5/h1-4,15H,5-6,13-14H2;/q;-1/p+1. The predicted molar refractivity (Wildman–Crippen MR) is 63.5 cm³/mol. The molecule has 0 amide bonds. The van der Waals surface area contributed by atoms with Crippen LogP contribution in [0.2, 0.25) is 0 Å². The van der Waals surface area contributed by atoms with Gasteiger partial charge in [0.2, 0.25) is 0 Å². The van der Waals surface area contributed by atoms with E-state index in [9.17, 15) is 35.5 Å². The molecule has 12 heteroatoms. The maximum atomic E-state index is 13.1. The second-order valence-corrected chi connectivity index (χ2v) is 7.17. The number of alkyl halides is 3. The Hall–Kier alpha value is -1.14. The van der Waals surface area contributed by atoms with Crippen molar-refractivity contribution in [3.63, 3.8) is 0 Å². The number of quaternary nitrogens is 2. The van der Waals surface area contributed by atoms with E-state index in [4.69, 9.17) is 0 Å². The Morgan fingerprint density at radius 1 is 1.00 bits per heavy atom. The molecule has 0 aromatic heterocycles. The van der Waals surface area contributed by atoms with Crippen molar-refractivity contribution < 1.29 is 47.0 Å². The highest BCUT2D eigenvalue weighted by molar-refractivity contribution is 8.34. The fraction of sp³-hybridized carbons (Fsp3) is 0.333. The van der Waals surface area contributed by atoms with Gasteiger partial charge in [0.25, 0.3) is 0 Å². The number of halogens is 7. The molecule has 1 aromatic rings. The molecule has 3 nitrogen and oxygen atoms in total. The lowest BCUT2D eigenvalue weighted by atomic mass is 10.3. The Morgan fingerprint density at radius 3 is 1.67 bits per heavy atom. The third kappa shape index (κ3) is 5.63. The predicted octanol–water partition coefficient (Wildman–Crippen LogP) is 1.14. The highest BCUT2D eigenvalue weighted by Crippen LogP contribution is 2.66. The van der Waals surface area contributed by atoms with Crippen LogP contribution in [0.15, 0.2) is 29.2 Å². The van der Waals surface area contributed by atoms with E-state index in [-0.39, 0.29) is 16.6 Å². The molecule has 0 heterocycles. The summed E-state index contributed by atoms with van der Waals surface area (Å²) in [7, 11) is -9.23. The number of para-hydroxylation sites is 1. The summed E-state index contributed by atoms with van der Waals surface area (Å²) in [6, 6.07) is 5.25. The number of benzene rings is 1. The summed E-state index contributed by atoms with van der Waals surface area (Å²) in [6.45, 7) is 0. The van der Waals surface area contributed by atoms with Crippen LogP contribution < -0.4 is 16.6 Å². The molecule has 0 aliphatic carbocycles. The van der Waals surface area contributed by atoms with Crippen LogP contribution in [0, 0.1) is 0 Å². The van der Waals surface area contributed by atoms with Gasteiger partial charge in [0.05, 0.1) is 0 Å². The normalized spacial score (nSPS) is 13.4. The van der Waals surface area contributed by atoms with E-state index in [0.29, 0.717) is 0 Å². The molecule has 0 unspecified atom stereocenters. The minimum absolute atomic E-state index is 0.187. The van der Waals surface area contributed by atoms with Gasteiger partial charge in [-0.05, 0) is 14.9 Å². The van der Waals surface area contributed by atoms with Gasteiger partial charge in [0.1, 0.15) is 11.8 Å². The molecule has 0 atom stereocenters. The van der Waals surface area contributed by atoms with Crippen molar-refractivity contribution in [1.82, 2.24) is 0 Å². The van der Waals surface area contributed by atoms with Gasteiger partial charge in [-0.3, -0.25) is 0 Å². The summed E-state index contributed by atoms with van der Waals surface area (Å²) < 4.78 is 78.2. The molecule has 21 heavy (non-hydrogen) atoms. The van der Waals surface area contributed by atoms with E-state index in [1.807, 2.05) is 0 Å². The zero-order valence-electron chi connectivity index (χ0n) is 10.7. The van der Waals surface area contributed by atoms with E-state index < -0.39 is 28.5 Å². The first-order valence-electron chi connectivity index (χ1n) is 5.46. The topological polar surface area (TPSA) is 78.3 Å². The van der Waals surface area contributed by atoms with Crippen molar-refractivity contribution in [3.8, 4) is 5.75 Å². The summed E-state index contributed by atoms with van der Waals surface area (Å²) >= 11 is 0. The molecule has 0 saturated carbocycles. The molecule has 0 aliphatic heterocycles. The number of rotatable bonds is 3. The third-order valence-electron chi connectivity index (χ3n) is 2.41. The molecular formula is C9H14BF7N2OS. The zero-order valence-corrected chi connectivity index (χ0v) is 11.5. The van der Waals surface area contributed by atoms with Gasteiger partial charge in [-0.25, -0.2) is 0 Å². The van der Waals surface area contributed by atoms with Gasteiger partial charge in [-0.2, -0.15) is 13.2 Å². The summed E-state index contributed by atoms with van der Waals surface area (Å²) in [5.41, 5.74) is 2.27. The fourth-order valence-electron chi connectivity index (χ4n) is 1.45. The Labute approximate surface area is 117 Å².